The summed E-state index contributed by atoms with van der Waals surface area (Å²) in [6.45, 7) is 6.72. The van der Waals surface area contributed by atoms with Crippen molar-refractivity contribution in [1.29, 1.82) is 0 Å². The Balaban J connectivity index is 1.43. The first kappa shape index (κ1) is 20.5. The second-order valence-electron chi connectivity index (χ2n) is 7.51. The fourth-order valence-corrected chi connectivity index (χ4v) is 3.50. The molecule has 1 N–H and O–H groups in total. The van der Waals surface area contributed by atoms with Gasteiger partial charge in [-0.2, -0.15) is 0 Å². The summed E-state index contributed by atoms with van der Waals surface area (Å²) in [5, 5.41) is 12.1. The number of carbonyl (C=O) groups is 1. The van der Waals surface area contributed by atoms with Crippen molar-refractivity contribution in [3.05, 3.63) is 76.4 Å². The Kier molecular flexibility index (Phi) is 5.62. The summed E-state index contributed by atoms with van der Waals surface area (Å²) in [7, 11) is 1.59. The fourth-order valence-electron chi connectivity index (χ4n) is 3.50. The van der Waals surface area contributed by atoms with Gasteiger partial charge in [0.1, 0.15) is 0 Å². The minimum Gasteiger partial charge on any atom is -0.481 e. The predicted molar refractivity (Wildman–Crippen MR) is 117 cm³/mol. The average molecular weight is 416 g/mol. The molecule has 3 heterocycles. The molecule has 0 saturated carbocycles. The Morgan fingerprint density at radius 1 is 1.10 bits per heavy atom. The van der Waals surface area contributed by atoms with Crippen LogP contribution < -0.4 is 10.1 Å². The number of nitrogens with one attached hydrogen (secondary N) is 1. The lowest BCUT2D eigenvalue weighted by atomic mass is 10.1. The normalized spacial score (nSPS) is 11.0. The van der Waals surface area contributed by atoms with E-state index in [0.717, 1.165) is 39.0 Å². The minimum absolute atomic E-state index is 0.273. The van der Waals surface area contributed by atoms with Crippen LogP contribution in [0.5, 0.6) is 5.88 Å². The fraction of sp³-hybridized carbons (Fsp3) is 0.261. The quantitative estimate of drug-likeness (QED) is 0.519. The van der Waals surface area contributed by atoms with Crippen LogP contribution in [0.2, 0.25) is 0 Å². The lowest BCUT2D eigenvalue weighted by Crippen LogP contribution is -2.24. The molecule has 0 atom stereocenters. The number of nitrogens with zero attached hydrogens (tertiary/aromatic N) is 5. The monoisotopic (exact) mass is 416 g/mol. The van der Waals surface area contributed by atoms with E-state index in [4.69, 9.17) is 4.74 Å². The number of aromatic nitrogens is 5. The highest BCUT2D eigenvalue weighted by atomic mass is 16.5. The van der Waals surface area contributed by atoms with Crippen molar-refractivity contribution >= 4 is 16.8 Å². The lowest BCUT2D eigenvalue weighted by Gasteiger charge is -2.11. The van der Waals surface area contributed by atoms with E-state index >= 15 is 0 Å². The van der Waals surface area contributed by atoms with Crippen LogP contribution in [0.4, 0.5) is 0 Å². The van der Waals surface area contributed by atoms with Gasteiger partial charge < -0.3 is 10.1 Å². The number of methoxy groups -OCH3 is 1. The number of carbonyl (C=O) groups excluding carboxylic acids is 1. The summed E-state index contributed by atoms with van der Waals surface area (Å²) in [6, 6.07) is 12.0. The van der Waals surface area contributed by atoms with Crippen LogP contribution in [0.1, 0.15) is 38.6 Å². The first-order valence-corrected chi connectivity index (χ1v) is 9.98. The molecule has 0 aliphatic rings. The minimum atomic E-state index is -0.279. The topological polar surface area (TPSA) is 94.8 Å². The number of rotatable bonds is 6. The van der Waals surface area contributed by atoms with Crippen molar-refractivity contribution in [3.8, 4) is 5.88 Å². The number of benzene rings is 1. The molecule has 0 aliphatic heterocycles. The maximum Gasteiger partial charge on any atom is 0.273 e. The Hall–Kier alpha value is -3.81. The molecule has 8 nitrogen and oxygen atoms in total. The molecular formula is C23H24N6O2. The molecule has 0 radical (unpaired) electrons. The Morgan fingerprint density at radius 2 is 1.94 bits per heavy atom. The van der Waals surface area contributed by atoms with Crippen LogP contribution in [0.25, 0.3) is 10.9 Å². The number of ether oxygens (including phenoxy) is 1. The van der Waals surface area contributed by atoms with Crippen molar-refractivity contribution < 1.29 is 9.53 Å². The summed E-state index contributed by atoms with van der Waals surface area (Å²) in [4.78, 5) is 21.4. The van der Waals surface area contributed by atoms with Crippen LogP contribution in [0.15, 0.2) is 42.6 Å². The highest BCUT2D eigenvalue weighted by Crippen LogP contribution is 2.18. The van der Waals surface area contributed by atoms with E-state index in [0.29, 0.717) is 19.0 Å². The largest absolute Gasteiger partial charge is 0.481 e. The molecule has 31 heavy (non-hydrogen) atoms. The van der Waals surface area contributed by atoms with Crippen LogP contribution in [0.3, 0.4) is 0 Å². The Morgan fingerprint density at radius 3 is 2.71 bits per heavy atom. The molecule has 0 spiro atoms. The number of pyridine rings is 2. The highest BCUT2D eigenvalue weighted by Gasteiger charge is 2.13. The van der Waals surface area contributed by atoms with Gasteiger partial charge in [-0.05, 0) is 55.7 Å². The van der Waals surface area contributed by atoms with Crippen molar-refractivity contribution in [3.63, 3.8) is 0 Å². The van der Waals surface area contributed by atoms with Crippen LogP contribution in [-0.2, 0) is 13.1 Å². The van der Waals surface area contributed by atoms with Gasteiger partial charge in [0.15, 0.2) is 5.69 Å². The first-order chi connectivity index (χ1) is 14.9. The highest BCUT2D eigenvalue weighted by molar-refractivity contribution is 5.91. The second-order valence-corrected chi connectivity index (χ2v) is 7.51. The summed E-state index contributed by atoms with van der Waals surface area (Å²) in [5.41, 5.74) is 6.07. The van der Waals surface area contributed by atoms with Crippen LogP contribution >= 0.6 is 0 Å². The molecule has 1 amide bonds. The zero-order chi connectivity index (χ0) is 22.0. The molecule has 0 aliphatic carbocycles. The van der Waals surface area contributed by atoms with Crippen LogP contribution in [-0.4, -0.2) is 38.0 Å². The maximum atomic E-state index is 12.6. The van der Waals surface area contributed by atoms with Gasteiger partial charge in [0.25, 0.3) is 5.91 Å². The first-order valence-electron chi connectivity index (χ1n) is 9.98. The summed E-state index contributed by atoms with van der Waals surface area (Å²) >= 11 is 0. The van der Waals surface area contributed by atoms with E-state index in [1.165, 1.54) is 0 Å². The molecular weight excluding hydrogens is 392 g/mol. The van der Waals surface area contributed by atoms with Crippen molar-refractivity contribution in [2.45, 2.75) is 33.9 Å². The molecule has 4 rings (SSSR count). The van der Waals surface area contributed by atoms with Crippen molar-refractivity contribution in [2.24, 2.45) is 0 Å². The third-order valence-electron chi connectivity index (χ3n) is 5.17. The molecule has 1 aromatic carbocycles. The van der Waals surface area contributed by atoms with Gasteiger partial charge in [-0.1, -0.05) is 17.3 Å². The Bertz CT molecular complexity index is 1240. The Labute approximate surface area is 180 Å². The zero-order valence-electron chi connectivity index (χ0n) is 18.0. The standard InChI is InChI=1S/C23H24N6O2/c1-14-9-22(31-4)26-16(3)19(14)11-24-23(30)21-13-29(28-27-21)12-17-6-8-20-18(10-17)7-5-15(2)25-20/h5-10,13H,11-12H2,1-4H3,(H,24,30). The van der Waals surface area contributed by atoms with Crippen molar-refractivity contribution in [1.82, 2.24) is 30.3 Å². The summed E-state index contributed by atoms with van der Waals surface area (Å²) in [5.74, 6) is 0.284. The average Bonchev–Trinajstić information content (AvgIpc) is 3.21. The van der Waals surface area contributed by atoms with Gasteiger partial charge in [-0.15, -0.1) is 5.10 Å². The van der Waals surface area contributed by atoms with E-state index in [2.05, 4.69) is 37.7 Å². The van der Waals surface area contributed by atoms with Crippen LogP contribution in [0, 0.1) is 20.8 Å². The summed E-state index contributed by atoms with van der Waals surface area (Å²) in [6.07, 6.45) is 1.65. The van der Waals surface area contributed by atoms with Gasteiger partial charge in [0.2, 0.25) is 5.88 Å². The van der Waals surface area contributed by atoms with Gasteiger partial charge >= 0.3 is 0 Å². The van der Waals surface area contributed by atoms with E-state index in [9.17, 15) is 4.79 Å². The third-order valence-corrected chi connectivity index (χ3v) is 5.17. The van der Waals surface area contributed by atoms with Gasteiger partial charge in [0.05, 0.1) is 25.4 Å². The number of fused-ring (bicyclic) bond motifs is 1. The molecule has 0 saturated heterocycles. The molecule has 0 unspecified atom stereocenters. The second kappa shape index (κ2) is 8.51. The molecule has 3 aromatic heterocycles. The number of amides is 1. The van der Waals surface area contributed by atoms with Gasteiger partial charge in [-0.25, -0.2) is 9.67 Å². The van der Waals surface area contributed by atoms with Crippen molar-refractivity contribution in [2.75, 3.05) is 7.11 Å². The maximum absolute atomic E-state index is 12.6. The summed E-state index contributed by atoms with van der Waals surface area (Å²) < 4.78 is 6.84. The molecule has 8 heteroatoms. The molecule has 0 bridgehead atoms. The van der Waals surface area contributed by atoms with E-state index < -0.39 is 0 Å². The molecule has 4 aromatic rings. The number of hydrogen-bond donors (Lipinski definition) is 1. The molecule has 0 fully saturated rings. The third kappa shape index (κ3) is 4.53. The smallest absolute Gasteiger partial charge is 0.273 e. The van der Waals surface area contributed by atoms with Gasteiger partial charge in [-0.3, -0.25) is 9.78 Å². The predicted octanol–water partition coefficient (Wildman–Crippen LogP) is 3.13. The molecule has 158 valence electrons. The number of hydrogen-bond acceptors (Lipinski definition) is 6. The van der Waals surface area contributed by atoms with E-state index in [-0.39, 0.29) is 11.6 Å². The lowest BCUT2D eigenvalue weighted by molar-refractivity contribution is 0.0945. The van der Waals surface area contributed by atoms with Gasteiger partial charge in [0, 0.05) is 29.4 Å². The number of aryl methyl sites for hydroxylation is 3. The van der Waals surface area contributed by atoms with E-state index in [1.54, 1.807) is 18.0 Å². The zero-order valence-corrected chi connectivity index (χ0v) is 18.0. The SMILES string of the molecule is COc1cc(C)c(CNC(=O)c2cn(Cc3ccc4nc(C)ccc4c3)nn2)c(C)n1. The van der Waals surface area contributed by atoms with E-state index in [1.807, 2.05) is 45.0 Å².